The first kappa shape index (κ1) is 25.6. The smallest absolute Gasteiger partial charge is 0.416 e. The number of carbonyl (C=O) groups is 3. The number of aliphatic hydroxyl groups excluding tert-OH is 1. The lowest BCUT2D eigenvalue weighted by atomic mass is 9.99. The Morgan fingerprint density at radius 1 is 0.886 bits per heavy atom. The number of esters is 1. The summed E-state index contributed by atoms with van der Waals surface area (Å²) in [5, 5.41) is 12.6. The predicted octanol–water partition coefficient (Wildman–Crippen LogP) is 3.87. The lowest BCUT2D eigenvalue weighted by Gasteiger charge is -2.19. The average molecular weight is 485 g/mol. The minimum atomic E-state index is -4.55. The summed E-state index contributed by atoms with van der Waals surface area (Å²) in [4.78, 5) is 37.3. The number of benzene rings is 3. The summed E-state index contributed by atoms with van der Waals surface area (Å²) < 4.78 is 42.9. The number of nitrogens with one attached hydrogen (secondary N) is 1. The van der Waals surface area contributed by atoms with Crippen LogP contribution in [0, 0.1) is 0 Å². The van der Waals surface area contributed by atoms with Gasteiger partial charge < -0.3 is 15.2 Å². The summed E-state index contributed by atoms with van der Waals surface area (Å²) in [5.41, 5.74) is 0.584. The fourth-order valence-electron chi connectivity index (χ4n) is 3.38. The van der Waals surface area contributed by atoms with Crippen molar-refractivity contribution in [1.29, 1.82) is 0 Å². The van der Waals surface area contributed by atoms with Crippen LogP contribution in [0.4, 0.5) is 13.2 Å². The van der Waals surface area contributed by atoms with E-state index in [1.54, 1.807) is 54.6 Å². The highest BCUT2D eigenvalue weighted by molar-refractivity contribution is 6.08. The van der Waals surface area contributed by atoms with Gasteiger partial charge in [-0.15, -0.1) is 0 Å². The van der Waals surface area contributed by atoms with E-state index in [0.29, 0.717) is 16.7 Å². The SMILES string of the molecule is COC(=O)[C@@H](Cc1ccc(C(=O)c2ccccc2)cc1)NC(=O)[C@H](O)c1ccc(C(F)(F)F)cc1. The molecule has 35 heavy (non-hydrogen) atoms. The van der Waals surface area contributed by atoms with Crippen molar-refractivity contribution in [3.63, 3.8) is 0 Å². The lowest BCUT2D eigenvalue weighted by molar-refractivity contribution is -0.146. The van der Waals surface area contributed by atoms with Crippen molar-refractivity contribution in [3.8, 4) is 0 Å². The first-order valence-electron chi connectivity index (χ1n) is 10.5. The van der Waals surface area contributed by atoms with Gasteiger partial charge in [-0.2, -0.15) is 13.2 Å². The van der Waals surface area contributed by atoms with E-state index in [4.69, 9.17) is 4.74 Å². The molecular weight excluding hydrogens is 463 g/mol. The lowest BCUT2D eigenvalue weighted by Crippen LogP contribution is -2.45. The molecule has 0 radical (unpaired) electrons. The molecule has 6 nitrogen and oxygen atoms in total. The molecule has 3 aromatic carbocycles. The van der Waals surface area contributed by atoms with Gasteiger partial charge in [0.2, 0.25) is 0 Å². The molecule has 0 aliphatic heterocycles. The van der Waals surface area contributed by atoms with Crippen LogP contribution in [0.25, 0.3) is 0 Å². The Kier molecular flexibility index (Phi) is 8.03. The maximum atomic E-state index is 12.7. The molecule has 0 aromatic heterocycles. The van der Waals surface area contributed by atoms with Gasteiger partial charge in [0, 0.05) is 17.5 Å². The molecule has 0 aliphatic carbocycles. The van der Waals surface area contributed by atoms with Gasteiger partial charge in [0.1, 0.15) is 6.04 Å². The second-order valence-electron chi connectivity index (χ2n) is 7.70. The quantitative estimate of drug-likeness (QED) is 0.373. The fraction of sp³-hybridized carbons (Fsp3) is 0.192. The molecular formula is C26H22F3NO5. The molecule has 9 heteroatoms. The third-order valence-electron chi connectivity index (χ3n) is 5.30. The first-order valence-corrected chi connectivity index (χ1v) is 10.5. The standard InChI is InChI=1S/C26H22F3NO5/c1-35-25(34)21(30-24(33)23(32)19-11-13-20(14-12-19)26(27,28)29)15-16-7-9-18(10-8-16)22(31)17-5-3-2-4-6-17/h2-14,21,23,32H,15H2,1H3,(H,30,33)/t21-,23-/m1/s1. The topological polar surface area (TPSA) is 92.7 Å². The molecule has 0 saturated carbocycles. The number of methoxy groups -OCH3 is 1. The number of ketones is 1. The second kappa shape index (κ2) is 11.0. The molecule has 0 saturated heterocycles. The molecule has 0 unspecified atom stereocenters. The summed E-state index contributed by atoms with van der Waals surface area (Å²) in [6, 6.07) is 17.5. The number of rotatable bonds is 8. The van der Waals surface area contributed by atoms with Crippen molar-refractivity contribution >= 4 is 17.7 Å². The molecule has 3 aromatic rings. The predicted molar refractivity (Wildman–Crippen MR) is 120 cm³/mol. The highest BCUT2D eigenvalue weighted by atomic mass is 19.4. The maximum absolute atomic E-state index is 12.7. The van der Waals surface area contributed by atoms with Crippen LogP contribution in [0.1, 0.15) is 38.7 Å². The van der Waals surface area contributed by atoms with Gasteiger partial charge in [-0.25, -0.2) is 4.79 Å². The zero-order valence-electron chi connectivity index (χ0n) is 18.6. The molecule has 0 heterocycles. The summed E-state index contributed by atoms with van der Waals surface area (Å²) in [6.45, 7) is 0. The van der Waals surface area contributed by atoms with E-state index in [0.717, 1.165) is 31.4 Å². The monoisotopic (exact) mass is 485 g/mol. The van der Waals surface area contributed by atoms with E-state index in [1.807, 2.05) is 0 Å². The van der Waals surface area contributed by atoms with Crippen molar-refractivity contribution in [2.75, 3.05) is 7.11 Å². The van der Waals surface area contributed by atoms with Gasteiger partial charge in [0.15, 0.2) is 11.9 Å². The number of aliphatic hydroxyl groups is 1. The Balaban J connectivity index is 1.69. The maximum Gasteiger partial charge on any atom is 0.416 e. The summed E-state index contributed by atoms with van der Waals surface area (Å²) in [5.74, 6) is -1.92. The van der Waals surface area contributed by atoms with Crippen LogP contribution in [0.2, 0.25) is 0 Å². The minimum absolute atomic E-state index is 0.00203. The van der Waals surface area contributed by atoms with Crippen LogP contribution >= 0.6 is 0 Å². The van der Waals surface area contributed by atoms with E-state index in [-0.39, 0.29) is 17.8 Å². The van der Waals surface area contributed by atoms with Crippen molar-refractivity contribution in [3.05, 3.63) is 107 Å². The van der Waals surface area contributed by atoms with E-state index in [1.165, 1.54) is 0 Å². The highest BCUT2D eigenvalue weighted by Crippen LogP contribution is 2.30. The fourth-order valence-corrected chi connectivity index (χ4v) is 3.38. The number of carbonyl (C=O) groups excluding carboxylic acids is 3. The Labute approximate surface area is 199 Å². The third-order valence-corrected chi connectivity index (χ3v) is 5.30. The van der Waals surface area contributed by atoms with Crippen LogP contribution in [-0.2, 0) is 26.9 Å². The van der Waals surface area contributed by atoms with E-state index in [9.17, 15) is 32.7 Å². The van der Waals surface area contributed by atoms with E-state index in [2.05, 4.69) is 5.32 Å². The number of alkyl halides is 3. The van der Waals surface area contributed by atoms with Crippen LogP contribution < -0.4 is 5.32 Å². The van der Waals surface area contributed by atoms with Crippen LogP contribution in [0.3, 0.4) is 0 Å². The average Bonchev–Trinajstić information content (AvgIpc) is 2.87. The van der Waals surface area contributed by atoms with Gasteiger partial charge in [0.05, 0.1) is 12.7 Å². The molecule has 0 bridgehead atoms. The number of hydrogen-bond donors (Lipinski definition) is 2. The zero-order valence-corrected chi connectivity index (χ0v) is 18.6. The van der Waals surface area contributed by atoms with Crippen LogP contribution in [0.5, 0.6) is 0 Å². The molecule has 0 aliphatic rings. The first-order chi connectivity index (χ1) is 16.6. The van der Waals surface area contributed by atoms with Gasteiger partial charge >= 0.3 is 12.1 Å². The van der Waals surface area contributed by atoms with Crippen LogP contribution in [0.15, 0.2) is 78.9 Å². The molecule has 2 N–H and O–H groups in total. The minimum Gasteiger partial charge on any atom is -0.467 e. The van der Waals surface area contributed by atoms with Gasteiger partial charge in [-0.1, -0.05) is 66.7 Å². The number of halogens is 3. The highest BCUT2D eigenvalue weighted by Gasteiger charge is 2.31. The Morgan fingerprint density at radius 2 is 1.46 bits per heavy atom. The van der Waals surface area contributed by atoms with Gasteiger partial charge in [0.25, 0.3) is 5.91 Å². The van der Waals surface area contributed by atoms with Crippen molar-refractivity contribution in [2.45, 2.75) is 24.7 Å². The summed E-state index contributed by atoms with van der Waals surface area (Å²) >= 11 is 0. The third kappa shape index (κ3) is 6.54. The van der Waals surface area contributed by atoms with Crippen molar-refractivity contribution in [1.82, 2.24) is 5.32 Å². The normalized spacial score (nSPS) is 12.9. The van der Waals surface area contributed by atoms with E-state index < -0.39 is 35.8 Å². The van der Waals surface area contributed by atoms with E-state index >= 15 is 0 Å². The Morgan fingerprint density at radius 3 is 2.00 bits per heavy atom. The molecule has 0 fully saturated rings. The second-order valence-corrected chi connectivity index (χ2v) is 7.70. The van der Waals surface area contributed by atoms with Gasteiger partial charge in [-0.3, -0.25) is 9.59 Å². The Hall–Kier alpha value is -3.98. The largest absolute Gasteiger partial charge is 0.467 e. The molecule has 2 atom stereocenters. The van der Waals surface area contributed by atoms with Crippen molar-refractivity contribution < 1.29 is 37.4 Å². The number of amides is 1. The summed E-state index contributed by atoms with van der Waals surface area (Å²) in [7, 11) is 1.13. The molecule has 0 spiro atoms. The number of hydrogen-bond acceptors (Lipinski definition) is 5. The van der Waals surface area contributed by atoms with Gasteiger partial charge in [-0.05, 0) is 23.3 Å². The Bertz CT molecular complexity index is 1180. The summed E-state index contributed by atoms with van der Waals surface area (Å²) in [6.07, 6.45) is -6.35. The van der Waals surface area contributed by atoms with Crippen molar-refractivity contribution in [2.24, 2.45) is 0 Å². The molecule has 3 rings (SSSR count). The zero-order chi connectivity index (χ0) is 25.6. The number of ether oxygens (including phenoxy) is 1. The molecule has 182 valence electrons. The molecule has 1 amide bonds. The van der Waals surface area contributed by atoms with Crippen LogP contribution in [-0.4, -0.2) is 35.9 Å².